The number of benzene rings is 1. The van der Waals surface area contributed by atoms with Crippen molar-refractivity contribution in [3.05, 3.63) is 39.4 Å². The van der Waals surface area contributed by atoms with Crippen molar-refractivity contribution in [2.75, 3.05) is 7.11 Å². The third-order valence-corrected chi connectivity index (χ3v) is 8.59. The molecule has 0 spiro atoms. The molecule has 1 rings (SSSR count). The summed E-state index contributed by atoms with van der Waals surface area (Å²) in [4.78, 5) is 22.4. The molecule has 7 heteroatoms. The van der Waals surface area contributed by atoms with E-state index in [0.29, 0.717) is 5.56 Å². The first-order valence-corrected chi connectivity index (χ1v) is 9.90. The van der Waals surface area contributed by atoms with E-state index in [9.17, 15) is 14.9 Å². The molecule has 0 heterocycles. The molecule has 122 valence electrons. The summed E-state index contributed by atoms with van der Waals surface area (Å²) in [6, 6.07) is 4.50. The van der Waals surface area contributed by atoms with Gasteiger partial charge in [0, 0.05) is 6.07 Å². The Hall–Kier alpha value is -1.73. The van der Waals surface area contributed by atoms with Crippen molar-refractivity contribution in [1.82, 2.24) is 0 Å². The third-order valence-electron chi connectivity index (χ3n) is 4.11. The summed E-state index contributed by atoms with van der Waals surface area (Å²) in [6.45, 7) is 10.6. The number of nitro benzene ring substituents is 1. The molecule has 22 heavy (non-hydrogen) atoms. The Morgan fingerprint density at radius 3 is 2.36 bits per heavy atom. The number of methoxy groups -OCH3 is 1. The summed E-state index contributed by atoms with van der Waals surface area (Å²) in [6.07, 6.45) is 0. The summed E-state index contributed by atoms with van der Waals surface area (Å²) >= 11 is 0. The van der Waals surface area contributed by atoms with Crippen LogP contribution in [0.4, 0.5) is 5.69 Å². The second-order valence-electron chi connectivity index (χ2n) is 6.61. The SMILES string of the molecule is COC(=O)c1c(CO[Si](C)(C)C(C)(C)C)cccc1[N+](=O)[O-]. The number of carbonyl (C=O) groups is 1. The van der Waals surface area contributed by atoms with Crippen LogP contribution in [0.2, 0.25) is 18.1 Å². The maximum atomic E-state index is 11.9. The molecule has 0 amide bonds. The number of nitro groups is 1. The quantitative estimate of drug-likeness (QED) is 0.355. The first-order valence-electron chi connectivity index (χ1n) is 7.00. The molecular weight excluding hydrogens is 302 g/mol. The molecule has 0 N–H and O–H groups in total. The minimum Gasteiger partial charge on any atom is -0.465 e. The topological polar surface area (TPSA) is 78.7 Å². The molecule has 0 atom stereocenters. The van der Waals surface area contributed by atoms with Crippen LogP contribution in [-0.4, -0.2) is 26.3 Å². The van der Waals surface area contributed by atoms with Crippen LogP contribution in [-0.2, 0) is 15.8 Å². The Kier molecular flexibility index (Phi) is 5.48. The molecule has 0 aliphatic carbocycles. The van der Waals surface area contributed by atoms with Gasteiger partial charge in [0.05, 0.1) is 18.6 Å². The normalized spacial score (nSPS) is 12.1. The van der Waals surface area contributed by atoms with Gasteiger partial charge in [-0.05, 0) is 23.7 Å². The lowest BCUT2D eigenvalue weighted by Gasteiger charge is -2.36. The number of hydrogen-bond donors (Lipinski definition) is 0. The lowest BCUT2D eigenvalue weighted by Crippen LogP contribution is -2.40. The summed E-state index contributed by atoms with van der Waals surface area (Å²) in [5.74, 6) is -0.721. The number of hydrogen-bond acceptors (Lipinski definition) is 5. The van der Waals surface area contributed by atoms with E-state index in [1.165, 1.54) is 13.2 Å². The van der Waals surface area contributed by atoms with Crippen LogP contribution in [0.3, 0.4) is 0 Å². The fourth-order valence-corrected chi connectivity index (χ4v) is 2.62. The van der Waals surface area contributed by atoms with Gasteiger partial charge in [0.2, 0.25) is 0 Å². The van der Waals surface area contributed by atoms with Gasteiger partial charge < -0.3 is 9.16 Å². The Labute approximate surface area is 131 Å². The highest BCUT2D eigenvalue weighted by atomic mass is 28.4. The fourth-order valence-electron chi connectivity index (χ4n) is 1.67. The zero-order valence-corrected chi connectivity index (χ0v) is 14.9. The van der Waals surface area contributed by atoms with E-state index in [1.807, 2.05) is 0 Å². The monoisotopic (exact) mass is 325 g/mol. The number of carbonyl (C=O) groups excluding carboxylic acids is 1. The van der Waals surface area contributed by atoms with Crippen molar-refractivity contribution < 1.29 is 18.9 Å². The third kappa shape index (κ3) is 3.92. The molecule has 0 saturated heterocycles. The van der Waals surface area contributed by atoms with E-state index in [-0.39, 0.29) is 22.9 Å². The lowest BCUT2D eigenvalue weighted by molar-refractivity contribution is -0.385. The predicted molar refractivity (Wildman–Crippen MR) is 86.4 cm³/mol. The number of esters is 1. The first-order chi connectivity index (χ1) is 10.0. The maximum absolute atomic E-state index is 11.9. The van der Waals surface area contributed by atoms with Crippen molar-refractivity contribution in [3.8, 4) is 0 Å². The van der Waals surface area contributed by atoms with Crippen molar-refractivity contribution in [1.29, 1.82) is 0 Å². The highest BCUT2D eigenvalue weighted by Crippen LogP contribution is 2.37. The summed E-state index contributed by atoms with van der Waals surface area (Å²) in [5, 5.41) is 11.1. The van der Waals surface area contributed by atoms with Gasteiger partial charge in [0.25, 0.3) is 5.69 Å². The van der Waals surface area contributed by atoms with E-state index in [4.69, 9.17) is 4.43 Å². The molecule has 0 aliphatic rings. The zero-order chi connectivity index (χ0) is 17.1. The molecule has 0 fully saturated rings. The molecule has 0 radical (unpaired) electrons. The van der Waals surface area contributed by atoms with Crippen LogP contribution in [0, 0.1) is 10.1 Å². The molecule has 6 nitrogen and oxygen atoms in total. The number of ether oxygens (including phenoxy) is 1. The number of rotatable bonds is 5. The van der Waals surface area contributed by atoms with E-state index in [0.717, 1.165) is 0 Å². The molecule has 1 aromatic carbocycles. The van der Waals surface area contributed by atoms with Crippen LogP contribution < -0.4 is 0 Å². The van der Waals surface area contributed by atoms with Crippen LogP contribution in [0.25, 0.3) is 0 Å². The highest BCUT2D eigenvalue weighted by molar-refractivity contribution is 6.74. The van der Waals surface area contributed by atoms with Crippen molar-refractivity contribution in [3.63, 3.8) is 0 Å². The molecule has 0 aromatic heterocycles. The van der Waals surface area contributed by atoms with Gasteiger partial charge in [-0.1, -0.05) is 32.9 Å². The van der Waals surface area contributed by atoms with Crippen molar-refractivity contribution in [2.24, 2.45) is 0 Å². The van der Waals surface area contributed by atoms with Gasteiger partial charge in [0.15, 0.2) is 8.32 Å². The van der Waals surface area contributed by atoms with Crippen LogP contribution in [0.1, 0.15) is 36.7 Å². The predicted octanol–water partition coefficient (Wildman–Crippen LogP) is 3.90. The Morgan fingerprint density at radius 1 is 1.32 bits per heavy atom. The second kappa shape index (κ2) is 6.58. The Bertz CT molecular complexity index is 578. The number of nitrogens with zero attached hydrogens (tertiary/aromatic N) is 1. The fraction of sp³-hybridized carbons (Fsp3) is 0.533. The minimum atomic E-state index is -2.02. The molecular formula is C15H23NO5Si. The van der Waals surface area contributed by atoms with Crippen molar-refractivity contribution in [2.45, 2.75) is 45.5 Å². The molecule has 0 unspecified atom stereocenters. The standard InChI is InChI=1S/C15H23NO5Si/c1-15(2,3)22(5,6)21-10-11-8-7-9-12(16(18)19)13(11)14(17)20-4/h7-9H,10H2,1-6H3. The summed E-state index contributed by atoms with van der Waals surface area (Å²) in [5.41, 5.74) is 0.183. The largest absolute Gasteiger partial charge is 0.465 e. The lowest BCUT2D eigenvalue weighted by atomic mass is 10.1. The van der Waals surface area contributed by atoms with Gasteiger partial charge in [-0.2, -0.15) is 0 Å². The molecule has 1 aromatic rings. The van der Waals surface area contributed by atoms with Gasteiger partial charge in [-0.15, -0.1) is 0 Å². The van der Waals surface area contributed by atoms with Crippen molar-refractivity contribution >= 4 is 20.0 Å². The summed E-state index contributed by atoms with van der Waals surface area (Å²) < 4.78 is 10.7. The molecule has 0 bridgehead atoms. The van der Waals surface area contributed by atoms with E-state index < -0.39 is 19.2 Å². The zero-order valence-electron chi connectivity index (χ0n) is 13.9. The average molecular weight is 325 g/mol. The van der Waals surface area contributed by atoms with E-state index in [1.54, 1.807) is 12.1 Å². The van der Waals surface area contributed by atoms with Gasteiger partial charge in [0.1, 0.15) is 5.56 Å². The van der Waals surface area contributed by atoms with Gasteiger partial charge in [-0.3, -0.25) is 10.1 Å². The van der Waals surface area contributed by atoms with Gasteiger partial charge in [-0.25, -0.2) is 4.79 Å². The Balaban J connectivity index is 3.18. The Morgan fingerprint density at radius 2 is 1.91 bits per heavy atom. The van der Waals surface area contributed by atoms with Crippen LogP contribution >= 0.6 is 0 Å². The minimum absolute atomic E-state index is 0.0130. The van der Waals surface area contributed by atoms with E-state index >= 15 is 0 Å². The smallest absolute Gasteiger partial charge is 0.345 e. The first kappa shape index (κ1) is 18.3. The van der Waals surface area contributed by atoms with Gasteiger partial charge >= 0.3 is 5.97 Å². The van der Waals surface area contributed by atoms with Crippen LogP contribution in [0.15, 0.2) is 18.2 Å². The highest BCUT2D eigenvalue weighted by Gasteiger charge is 2.37. The second-order valence-corrected chi connectivity index (χ2v) is 11.4. The van der Waals surface area contributed by atoms with E-state index in [2.05, 4.69) is 38.6 Å². The summed E-state index contributed by atoms with van der Waals surface area (Å²) in [7, 11) is -0.816. The molecule has 0 saturated carbocycles. The average Bonchev–Trinajstić information content (AvgIpc) is 2.42. The molecule has 0 aliphatic heterocycles. The maximum Gasteiger partial charge on any atom is 0.345 e. The van der Waals surface area contributed by atoms with Crippen LogP contribution in [0.5, 0.6) is 0 Å².